The largest absolute Gasteiger partial charge is 0.493 e. The summed E-state index contributed by atoms with van der Waals surface area (Å²) in [7, 11) is 0. The summed E-state index contributed by atoms with van der Waals surface area (Å²) in [4.78, 5) is 13.8. The van der Waals surface area contributed by atoms with E-state index in [4.69, 9.17) is 18.3 Å². The highest BCUT2D eigenvalue weighted by Gasteiger charge is 2.38. The summed E-state index contributed by atoms with van der Waals surface area (Å²) in [5.41, 5.74) is 14.2. The number of para-hydroxylation sites is 4. The van der Waals surface area contributed by atoms with E-state index in [1.165, 1.54) is 114 Å². The molecule has 2 aliphatic carbocycles. The quantitative estimate of drug-likeness (QED) is 0.0296. The Labute approximate surface area is 602 Å². The maximum absolute atomic E-state index is 13.8. The summed E-state index contributed by atoms with van der Waals surface area (Å²) in [6, 6.07) is 73.1. The van der Waals surface area contributed by atoms with Crippen LogP contribution in [0.2, 0.25) is 0 Å². The first kappa shape index (κ1) is 66.7. The molecule has 0 N–H and O–H groups in total. The molecule has 2 fully saturated rings. The molecule has 5 aromatic heterocycles. The van der Waals surface area contributed by atoms with Crippen LogP contribution in [0.25, 0.3) is 123 Å². The number of carbonyl (C=O) groups excluding carboxylic acids is 1. The second-order valence-electron chi connectivity index (χ2n) is 29.7. The van der Waals surface area contributed by atoms with Crippen LogP contribution in [0.3, 0.4) is 0 Å². The Kier molecular flexibility index (Phi) is 18.9. The highest BCUT2D eigenvalue weighted by atomic mass is 16.5. The Balaban J connectivity index is 0.485. The van der Waals surface area contributed by atoms with Crippen LogP contribution in [0.15, 0.2) is 253 Å². The number of allylic oxidation sites excluding steroid dienone is 4. The number of nitrogens with zero attached hydrogens (tertiary/aromatic N) is 7. The lowest BCUT2D eigenvalue weighted by Crippen LogP contribution is -2.21. The van der Waals surface area contributed by atoms with Gasteiger partial charge in [0.2, 0.25) is 23.6 Å². The molecule has 0 radical (unpaired) electrons. The first-order valence-electron chi connectivity index (χ1n) is 37.3. The zero-order chi connectivity index (χ0) is 70.0. The van der Waals surface area contributed by atoms with E-state index < -0.39 is 0 Å². The zero-order valence-corrected chi connectivity index (χ0v) is 59.3. The first-order chi connectivity index (χ1) is 50.5. The molecule has 0 amide bonds. The van der Waals surface area contributed by atoms with Gasteiger partial charge in [0.05, 0.1) is 41.2 Å². The summed E-state index contributed by atoms with van der Waals surface area (Å²) in [5, 5.41) is 25.2. The van der Waals surface area contributed by atoms with Gasteiger partial charge >= 0.3 is 5.97 Å². The van der Waals surface area contributed by atoms with Gasteiger partial charge < -0.3 is 32.0 Å². The first-order valence-corrected chi connectivity index (χ1v) is 37.3. The minimum atomic E-state index is -0.152. The molecule has 2 saturated carbocycles. The number of carbonyl (C=O) groups is 1. The lowest BCUT2D eigenvalue weighted by Gasteiger charge is -2.18. The number of hydrogen-bond acceptors (Lipinski definition) is 9. The van der Waals surface area contributed by atoms with E-state index in [9.17, 15) is 4.79 Å². The molecule has 12 heteroatoms. The minimum Gasteiger partial charge on any atom is -0.493 e. The van der Waals surface area contributed by atoms with Crippen molar-refractivity contribution in [2.24, 2.45) is 35.5 Å². The number of benzene rings is 9. The molecular weight excluding hydrogens is 1270 g/mol. The average molecular weight is 1360 g/mol. The van der Waals surface area contributed by atoms with Gasteiger partial charge in [0.15, 0.2) is 0 Å². The summed E-state index contributed by atoms with van der Waals surface area (Å²) in [6.45, 7) is 16.9. The van der Waals surface area contributed by atoms with Crippen molar-refractivity contribution in [3.05, 3.63) is 249 Å². The lowest BCUT2D eigenvalue weighted by atomic mass is 9.87. The standard InChI is InChI=1S/C91H89N7O5/c1-6-60-51-64(40-39-61-52-62(7-2)68(53-61)59-101-72-30-26-29-67(56-72)89-95-94-88(103-89)66-28-25-27-65(55-66)87-93-92-86(102-87)63-41-43-69(44-42-63)91(3,4)5)77(54-60)90(99)100-50-24-14-12-10-8-9-11-13-23-49-96-80-47-45-70(97-82-35-19-15-31-73(82)74-32-16-20-36-83(74)97)57-78(80)79-58-71(46-48-81(79)96)98-84-37-21-17-33-75(84)76-34-18-22-38-85(76)98/h6-7,15-22,25-48,55-58,60-62,64,68,77H,1-2,8-14,23-24,49-54,59H2,3-5H3/b40-39-. The van der Waals surface area contributed by atoms with Crippen molar-refractivity contribution in [3.63, 3.8) is 0 Å². The molecule has 0 bridgehead atoms. The molecule has 0 saturated heterocycles. The number of fused-ring (bicyclic) bond motifs is 9. The number of aromatic nitrogens is 7. The number of unbranched alkanes of at least 4 members (excludes halogenated alkanes) is 8. The highest BCUT2D eigenvalue weighted by molar-refractivity contribution is 6.13. The molecule has 518 valence electrons. The maximum Gasteiger partial charge on any atom is 0.309 e. The molecule has 6 atom stereocenters. The van der Waals surface area contributed by atoms with Crippen molar-refractivity contribution in [3.8, 4) is 62.9 Å². The van der Waals surface area contributed by atoms with Crippen molar-refractivity contribution < 1.29 is 23.1 Å². The van der Waals surface area contributed by atoms with Crippen LogP contribution < -0.4 is 4.74 Å². The monoisotopic (exact) mass is 1360 g/mol. The van der Waals surface area contributed by atoms with E-state index in [-0.39, 0.29) is 23.2 Å². The lowest BCUT2D eigenvalue weighted by molar-refractivity contribution is -0.149. The third-order valence-electron chi connectivity index (χ3n) is 22.0. The third kappa shape index (κ3) is 13.7. The molecule has 9 aromatic carbocycles. The maximum atomic E-state index is 13.8. The van der Waals surface area contributed by atoms with E-state index >= 15 is 0 Å². The van der Waals surface area contributed by atoms with Crippen molar-refractivity contribution in [2.75, 3.05) is 13.2 Å². The predicted octanol–water partition coefficient (Wildman–Crippen LogP) is 23.1. The van der Waals surface area contributed by atoms with Crippen LogP contribution in [-0.2, 0) is 21.5 Å². The summed E-state index contributed by atoms with van der Waals surface area (Å²) < 4.78 is 32.4. The molecule has 16 rings (SSSR count). The number of aryl methyl sites for hydroxylation is 1. The fourth-order valence-electron chi connectivity index (χ4n) is 16.5. The molecule has 12 nitrogen and oxygen atoms in total. The Morgan fingerprint density at radius 3 is 1.47 bits per heavy atom. The van der Waals surface area contributed by atoms with Crippen molar-refractivity contribution >= 4 is 71.4 Å². The van der Waals surface area contributed by atoms with E-state index in [0.717, 1.165) is 85.9 Å². The zero-order valence-electron chi connectivity index (χ0n) is 59.3. The molecule has 0 spiro atoms. The molecule has 6 unspecified atom stereocenters. The predicted molar refractivity (Wildman–Crippen MR) is 418 cm³/mol. The minimum absolute atomic E-state index is 0.0465. The number of hydrogen-bond donors (Lipinski definition) is 0. The van der Waals surface area contributed by atoms with Crippen molar-refractivity contribution in [2.45, 2.75) is 116 Å². The smallest absolute Gasteiger partial charge is 0.309 e. The van der Waals surface area contributed by atoms with Gasteiger partial charge in [-0.15, -0.1) is 33.6 Å². The third-order valence-corrected chi connectivity index (χ3v) is 22.0. The van der Waals surface area contributed by atoms with Crippen LogP contribution in [-0.4, -0.2) is 53.3 Å². The molecule has 14 aromatic rings. The second kappa shape index (κ2) is 29.2. The Hall–Kier alpha value is -10.9. The molecular formula is C91H89N7O5. The second-order valence-corrected chi connectivity index (χ2v) is 29.7. The fraction of sp³-hybridized carbons (Fsp3) is 0.286. The van der Waals surface area contributed by atoms with Crippen LogP contribution in [0.1, 0.15) is 110 Å². The summed E-state index contributed by atoms with van der Waals surface area (Å²) in [6.07, 6.45) is 22.8. The highest BCUT2D eigenvalue weighted by Crippen LogP contribution is 2.44. The molecule has 103 heavy (non-hydrogen) atoms. The Morgan fingerprint density at radius 1 is 0.456 bits per heavy atom. The van der Waals surface area contributed by atoms with E-state index in [1.807, 2.05) is 66.7 Å². The topological polar surface area (TPSA) is 128 Å². The van der Waals surface area contributed by atoms with Gasteiger partial charge in [0.25, 0.3) is 0 Å². The van der Waals surface area contributed by atoms with E-state index in [1.54, 1.807) is 0 Å². The van der Waals surface area contributed by atoms with Gasteiger partial charge in [0, 0.05) is 83.5 Å². The van der Waals surface area contributed by atoms with Crippen LogP contribution >= 0.6 is 0 Å². The van der Waals surface area contributed by atoms with Gasteiger partial charge in [-0.2, -0.15) is 0 Å². The SMILES string of the molecule is C=CC1CC(/C=C\C2CC(C=C)C(COc3cccc(-c4nnc(-c5cccc(-c6nnc(-c7ccc(C(C)(C)C)cc7)o6)c5)o4)c3)C2)C(C(=O)OCCCCCCCCCCCn2c3ccc(-n4c5ccccc5c5ccccc54)cc3c3cc(-n4c5ccccc5c5ccccc54)ccc32)C1. The van der Waals surface area contributed by atoms with Crippen molar-refractivity contribution in [1.82, 2.24) is 34.1 Å². The number of rotatable bonds is 26. The molecule has 2 aliphatic rings. The summed E-state index contributed by atoms with van der Waals surface area (Å²) in [5.74, 6) is 3.54. The van der Waals surface area contributed by atoms with E-state index in [0.29, 0.717) is 60.4 Å². The molecule has 0 aliphatic heterocycles. The van der Waals surface area contributed by atoms with Gasteiger partial charge in [-0.25, -0.2) is 0 Å². The average Bonchev–Trinajstić information content (AvgIpc) is 1.58. The van der Waals surface area contributed by atoms with Gasteiger partial charge in [0.1, 0.15) is 5.75 Å². The summed E-state index contributed by atoms with van der Waals surface area (Å²) >= 11 is 0. The van der Waals surface area contributed by atoms with Crippen LogP contribution in [0.4, 0.5) is 0 Å². The van der Waals surface area contributed by atoms with Crippen LogP contribution in [0.5, 0.6) is 5.75 Å². The number of ether oxygens (including phenoxy) is 2. The van der Waals surface area contributed by atoms with Gasteiger partial charge in [-0.1, -0.05) is 187 Å². The van der Waals surface area contributed by atoms with Gasteiger partial charge in [-0.05, 0) is 188 Å². The normalized spacial score (nSPS) is 17.9. The Morgan fingerprint density at radius 2 is 0.942 bits per heavy atom. The fourth-order valence-corrected chi connectivity index (χ4v) is 16.5. The van der Waals surface area contributed by atoms with E-state index in [2.05, 4.69) is 232 Å². The van der Waals surface area contributed by atoms with Crippen molar-refractivity contribution in [1.29, 1.82) is 0 Å². The van der Waals surface area contributed by atoms with Crippen LogP contribution in [0, 0.1) is 35.5 Å². The number of esters is 1. The Bertz CT molecular complexity index is 5160. The van der Waals surface area contributed by atoms with Gasteiger partial charge in [-0.3, -0.25) is 4.79 Å². The molecule has 5 heterocycles.